The van der Waals surface area contributed by atoms with Crippen LogP contribution in [0.15, 0.2) is 18.2 Å². The number of hydrogen-bond donors (Lipinski definition) is 2. The molecule has 0 fully saturated rings. The van der Waals surface area contributed by atoms with Crippen LogP contribution >= 0.6 is 0 Å². The molecule has 0 saturated carbocycles. The molecule has 3 N–H and O–H groups in total. The van der Waals surface area contributed by atoms with Crippen molar-refractivity contribution >= 4 is 11.6 Å². The van der Waals surface area contributed by atoms with Crippen LogP contribution < -0.4 is 15.8 Å². The molecule has 0 radical (unpaired) electrons. The number of benzene rings is 1. The number of hydrogen-bond acceptors (Lipinski definition) is 3. The lowest BCUT2D eigenvalue weighted by Gasteiger charge is -2.20. The minimum atomic E-state index is -0.187. The second-order valence-electron chi connectivity index (χ2n) is 6.02. The fourth-order valence-corrected chi connectivity index (χ4v) is 1.84. The van der Waals surface area contributed by atoms with E-state index in [2.05, 4.69) is 12.2 Å². The van der Waals surface area contributed by atoms with Gasteiger partial charge in [-0.15, -0.1) is 0 Å². The van der Waals surface area contributed by atoms with Crippen molar-refractivity contribution < 1.29 is 9.53 Å². The van der Waals surface area contributed by atoms with Crippen LogP contribution in [0.1, 0.15) is 46.1 Å². The lowest BCUT2D eigenvalue weighted by Crippen LogP contribution is -2.40. The van der Waals surface area contributed by atoms with Crippen molar-refractivity contribution in [3.63, 3.8) is 0 Å². The number of rotatable bonds is 6. The average molecular weight is 278 g/mol. The van der Waals surface area contributed by atoms with E-state index in [0.29, 0.717) is 25.1 Å². The lowest BCUT2D eigenvalue weighted by atomic mass is 10.1. The molecule has 4 nitrogen and oxygen atoms in total. The molecule has 0 aromatic heterocycles. The van der Waals surface area contributed by atoms with Crippen molar-refractivity contribution in [3.8, 4) is 5.75 Å². The molecule has 1 amide bonds. The molecule has 4 heteroatoms. The van der Waals surface area contributed by atoms with Gasteiger partial charge in [0.25, 0.3) is 0 Å². The number of nitrogens with two attached hydrogens (primary N) is 1. The summed E-state index contributed by atoms with van der Waals surface area (Å²) in [6, 6.07) is 5.73. The smallest absolute Gasteiger partial charge is 0.220 e. The lowest BCUT2D eigenvalue weighted by molar-refractivity contribution is -0.122. The van der Waals surface area contributed by atoms with E-state index in [0.717, 1.165) is 17.7 Å². The fourth-order valence-electron chi connectivity index (χ4n) is 1.84. The highest BCUT2D eigenvalue weighted by atomic mass is 16.5. The van der Waals surface area contributed by atoms with Gasteiger partial charge in [-0.1, -0.05) is 13.0 Å². The average Bonchev–Trinajstić information content (AvgIpc) is 2.33. The number of ether oxygens (including phenoxy) is 1. The largest absolute Gasteiger partial charge is 0.491 e. The van der Waals surface area contributed by atoms with E-state index in [9.17, 15) is 4.79 Å². The summed E-state index contributed by atoms with van der Waals surface area (Å²) in [6.45, 7) is 8.64. The summed E-state index contributed by atoms with van der Waals surface area (Å²) in [6.07, 6.45) is 2.10. The van der Waals surface area contributed by atoms with Gasteiger partial charge in [0.1, 0.15) is 5.75 Å². The van der Waals surface area contributed by atoms with Crippen molar-refractivity contribution in [1.29, 1.82) is 0 Å². The van der Waals surface area contributed by atoms with Crippen LogP contribution in [0.5, 0.6) is 5.75 Å². The molecule has 0 unspecified atom stereocenters. The van der Waals surface area contributed by atoms with E-state index in [1.54, 1.807) is 0 Å². The molecule has 0 bridgehead atoms. The Morgan fingerprint density at radius 3 is 2.60 bits per heavy atom. The van der Waals surface area contributed by atoms with Gasteiger partial charge in [-0.05, 0) is 51.3 Å². The van der Waals surface area contributed by atoms with E-state index in [1.165, 1.54) is 0 Å². The molecule has 1 aromatic rings. The molecule has 0 heterocycles. The SMILES string of the molecule is CCCOc1ccc(CCC(=O)NC(C)(C)C)cc1N. The highest BCUT2D eigenvalue weighted by Gasteiger charge is 2.13. The maximum absolute atomic E-state index is 11.8. The van der Waals surface area contributed by atoms with Crippen LogP contribution in [0.4, 0.5) is 5.69 Å². The topological polar surface area (TPSA) is 64.3 Å². The first-order valence-corrected chi connectivity index (χ1v) is 7.14. The van der Waals surface area contributed by atoms with Crippen LogP contribution in [-0.2, 0) is 11.2 Å². The monoisotopic (exact) mass is 278 g/mol. The van der Waals surface area contributed by atoms with Crippen LogP contribution in [0.2, 0.25) is 0 Å². The van der Waals surface area contributed by atoms with E-state index >= 15 is 0 Å². The zero-order valence-electron chi connectivity index (χ0n) is 13.0. The zero-order valence-corrected chi connectivity index (χ0v) is 13.0. The number of aryl methyl sites for hydroxylation is 1. The standard InChI is InChI=1S/C16H26N2O2/c1-5-10-20-14-8-6-12(11-13(14)17)7-9-15(19)18-16(2,3)4/h6,8,11H,5,7,9-10,17H2,1-4H3,(H,18,19). The first kappa shape index (κ1) is 16.3. The van der Waals surface area contributed by atoms with Gasteiger partial charge in [-0.2, -0.15) is 0 Å². The number of anilines is 1. The second-order valence-corrected chi connectivity index (χ2v) is 6.02. The predicted molar refractivity (Wildman–Crippen MR) is 82.9 cm³/mol. The van der Waals surface area contributed by atoms with Crippen LogP contribution in [0.3, 0.4) is 0 Å². The number of nitrogens with one attached hydrogen (secondary N) is 1. The Hall–Kier alpha value is -1.71. The van der Waals surface area contributed by atoms with Crippen molar-refractivity contribution in [2.24, 2.45) is 0 Å². The quantitative estimate of drug-likeness (QED) is 0.786. The molecule has 0 saturated heterocycles. The Morgan fingerprint density at radius 1 is 1.35 bits per heavy atom. The molecule has 0 aliphatic carbocycles. The first-order chi connectivity index (χ1) is 9.31. The number of carbonyl (C=O) groups excluding carboxylic acids is 1. The number of amides is 1. The summed E-state index contributed by atoms with van der Waals surface area (Å²) in [4.78, 5) is 11.8. The van der Waals surface area contributed by atoms with E-state index in [4.69, 9.17) is 10.5 Å². The van der Waals surface area contributed by atoms with Gasteiger partial charge >= 0.3 is 0 Å². The van der Waals surface area contributed by atoms with Crippen molar-refractivity contribution in [3.05, 3.63) is 23.8 Å². The number of carbonyl (C=O) groups is 1. The van der Waals surface area contributed by atoms with Crippen molar-refractivity contribution in [2.45, 2.75) is 52.5 Å². The summed E-state index contributed by atoms with van der Waals surface area (Å²) in [7, 11) is 0. The van der Waals surface area contributed by atoms with E-state index < -0.39 is 0 Å². The van der Waals surface area contributed by atoms with E-state index in [-0.39, 0.29) is 11.4 Å². The Balaban J connectivity index is 2.53. The zero-order chi connectivity index (χ0) is 15.2. The van der Waals surface area contributed by atoms with Gasteiger partial charge in [0.2, 0.25) is 5.91 Å². The maximum Gasteiger partial charge on any atom is 0.220 e. The molecule has 0 aliphatic rings. The second kappa shape index (κ2) is 7.17. The highest BCUT2D eigenvalue weighted by Crippen LogP contribution is 2.23. The minimum absolute atomic E-state index is 0.0578. The summed E-state index contributed by atoms with van der Waals surface area (Å²) in [5, 5.41) is 2.95. The van der Waals surface area contributed by atoms with Gasteiger partial charge in [-0.3, -0.25) is 4.79 Å². The molecular formula is C16H26N2O2. The summed E-state index contributed by atoms with van der Waals surface area (Å²) >= 11 is 0. The summed E-state index contributed by atoms with van der Waals surface area (Å²) in [5.41, 5.74) is 7.44. The van der Waals surface area contributed by atoms with Gasteiger partial charge < -0.3 is 15.8 Å². The minimum Gasteiger partial charge on any atom is -0.491 e. The molecule has 1 aromatic carbocycles. The third-order valence-electron chi connectivity index (χ3n) is 2.69. The van der Waals surface area contributed by atoms with Gasteiger partial charge in [-0.25, -0.2) is 0 Å². The molecule has 112 valence electrons. The van der Waals surface area contributed by atoms with Gasteiger partial charge in [0.15, 0.2) is 0 Å². The molecule has 0 aliphatic heterocycles. The molecule has 20 heavy (non-hydrogen) atoms. The normalized spacial score (nSPS) is 11.2. The Labute approximate surface area is 121 Å². The molecular weight excluding hydrogens is 252 g/mol. The third-order valence-corrected chi connectivity index (χ3v) is 2.69. The first-order valence-electron chi connectivity index (χ1n) is 7.14. The van der Waals surface area contributed by atoms with Crippen molar-refractivity contribution in [1.82, 2.24) is 5.32 Å². The summed E-state index contributed by atoms with van der Waals surface area (Å²) < 4.78 is 5.53. The Bertz CT molecular complexity index is 450. The molecule has 0 spiro atoms. The fraction of sp³-hybridized carbons (Fsp3) is 0.562. The summed E-state index contributed by atoms with van der Waals surface area (Å²) in [5.74, 6) is 0.775. The van der Waals surface area contributed by atoms with Crippen LogP contribution in [0, 0.1) is 0 Å². The molecule has 1 rings (SSSR count). The van der Waals surface area contributed by atoms with Crippen LogP contribution in [0.25, 0.3) is 0 Å². The highest BCUT2D eigenvalue weighted by molar-refractivity contribution is 5.77. The Kier molecular flexibility index (Phi) is 5.86. The van der Waals surface area contributed by atoms with Gasteiger partial charge in [0.05, 0.1) is 12.3 Å². The van der Waals surface area contributed by atoms with Crippen LogP contribution in [-0.4, -0.2) is 18.1 Å². The molecule has 0 atom stereocenters. The predicted octanol–water partition coefficient (Wildman–Crippen LogP) is 2.90. The Morgan fingerprint density at radius 2 is 2.05 bits per heavy atom. The number of nitrogen functional groups attached to an aromatic ring is 1. The van der Waals surface area contributed by atoms with Gasteiger partial charge in [0, 0.05) is 12.0 Å². The maximum atomic E-state index is 11.8. The van der Waals surface area contributed by atoms with E-state index in [1.807, 2.05) is 39.0 Å². The van der Waals surface area contributed by atoms with Crippen molar-refractivity contribution in [2.75, 3.05) is 12.3 Å². The third kappa shape index (κ3) is 5.95.